The first-order chi connectivity index (χ1) is 9.29. The number of aromatic nitrogens is 1. The zero-order valence-corrected chi connectivity index (χ0v) is 11.5. The summed E-state index contributed by atoms with van der Waals surface area (Å²) in [5.74, 6) is 0.526. The second-order valence-electron chi connectivity index (χ2n) is 5.27. The minimum atomic E-state index is 0.283. The van der Waals surface area contributed by atoms with E-state index >= 15 is 0 Å². The zero-order valence-electron chi connectivity index (χ0n) is 11.5. The van der Waals surface area contributed by atoms with E-state index in [4.69, 9.17) is 9.72 Å². The maximum absolute atomic E-state index is 5.51. The molecule has 0 radical (unpaired) electrons. The lowest BCUT2D eigenvalue weighted by Crippen LogP contribution is -2.26. The quantitative estimate of drug-likeness (QED) is 0.917. The van der Waals surface area contributed by atoms with E-state index in [9.17, 15) is 0 Å². The molecule has 0 amide bonds. The lowest BCUT2D eigenvalue weighted by molar-refractivity contribution is 0.177. The molecule has 1 aromatic carbocycles. The molecule has 2 atom stereocenters. The lowest BCUT2D eigenvalue weighted by atomic mass is 9.94. The van der Waals surface area contributed by atoms with Crippen molar-refractivity contribution in [2.75, 3.05) is 20.3 Å². The van der Waals surface area contributed by atoms with Crippen molar-refractivity contribution in [3.63, 3.8) is 0 Å². The molecule has 0 bridgehead atoms. The molecule has 0 saturated carbocycles. The van der Waals surface area contributed by atoms with Gasteiger partial charge in [-0.3, -0.25) is 4.98 Å². The van der Waals surface area contributed by atoms with Crippen LogP contribution in [0.1, 0.15) is 23.7 Å². The summed E-state index contributed by atoms with van der Waals surface area (Å²) in [6.07, 6.45) is 1.11. The molecule has 1 N–H and O–H groups in total. The van der Waals surface area contributed by atoms with Gasteiger partial charge in [0, 0.05) is 17.9 Å². The SMILES string of the molecule is CNC(c1cc(C)c2ccccc2n1)C1CCOC1. The van der Waals surface area contributed by atoms with E-state index in [0.29, 0.717) is 5.92 Å². The number of para-hydroxylation sites is 1. The molecule has 1 fully saturated rings. The number of benzene rings is 1. The Bertz CT molecular complexity index is 576. The number of nitrogens with zero attached hydrogens (tertiary/aromatic N) is 1. The number of rotatable bonds is 3. The fourth-order valence-corrected chi connectivity index (χ4v) is 2.98. The van der Waals surface area contributed by atoms with Gasteiger partial charge in [-0.25, -0.2) is 0 Å². The van der Waals surface area contributed by atoms with Crippen LogP contribution < -0.4 is 5.32 Å². The van der Waals surface area contributed by atoms with Crippen LogP contribution in [-0.2, 0) is 4.74 Å². The van der Waals surface area contributed by atoms with Gasteiger partial charge in [0.2, 0.25) is 0 Å². The van der Waals surface area contributed by atoms with E-state index in [1.54, 1.807) is 0 Å². The fourth-order valence-electron chi connectivity index (χ4n) is 2.98. The number of pyridine rings is 1. The first-order valence-electron chi connectivity index (χ1n) is 6.91. The molecule has 19 heavy (non-hydrogen) atoms. The van der Waals surface area contributed by atoms with Crippen LogP contribution in [-0.4, -0.2) is 25.2 Å². The Kier molecular flexibility index (Phi) is 3.49. The molecule has 2 heterocycles. The van der Waals surface area contributed by atoms with Gasteiger partial charge in [0.25, 0.3) is 0 Å². The third-order valence-electron chi connectivity index (χ3n) is 4.01. The van der Waals surface area contributed by atoms with E-state index in [0.717, 1.165) is 30.8 Å². The van der Waals surface area contributed by atoms with Crippen LogP contribution in [0.2, 0.25) is 0 Å². The average Bonchev–Trinajstić information content (AvgIpc) is 2.94. The second kappa shape index (κ2) is 5.27. The van der Waals surface area contributed by atoms with E-state index < -0.39 is 0 Å². The van der Waals surface area contributed by atoms with Crippen molar-refractivity contribution in [2.45, 2.75) is 19.4 Å². The number of fused-ring (bicyclic) bond motifs is 1. The summed E-state index contributed by atoms with van der Waals surface area (Å²) in [5, 5.41) is 4.65. The van der Waals surface area contributed by atoms with Gasteiger partial charge >= 0.3 is 0 Å². The predicted octanol–water partition coefficient (Wildman–Crippen LogP) is 2.84. The first-order valence-corrected chi connectivity index (χ1v) is 6.91. The monoisotopic (exact) mass is 256 g/mol. The second-order valence-corrected chi connectivity index (χ2v) is 5.27. The smallest absolute Gasteiger partial charge is 0.0708 e. The summed E-state index contributed by atoms with van der Waals surface area (Å²) < 4.78 is 5.51. The molecule has 1 aliphatic rings. The van der Waals surface area contributed by atoms with Crippen molar-refractivity contribution in [3.8, 4) is 0 Å². The molecular weight excluding hydrogens is 236 g/mol. The minimum absolute atomic E-state index is 0.283. The molecule has 0 aliphatic carbocycles. The van der Waals surface area contributed by atoms with Gasteiger partial charge in [-0.05, 0) is 38.1 Å². The molecule has 100 valence electrons. The van der Waals surface area contributed by atoms with E-state index in [1.807, 2.05) is 13.1 Å². The van der Waals surface area contributed by atoms with Crippen LogP contribution in [0.4, 0.5) is 0 Å². The summed E-state index contributed by atoms with van der Waals surface area (Å²) in [7, 11) is 2.01. The average molecular weight is 256 g/mol. The Labute approximate surface area is 114 Å². The van der Waals surface area contributed by atoms with Crippen molar-refractivity contribution in [1.29, 1.82) is 0 Å². The maximum Gasteiger partial charge on any atom is 0.0708 e. The van der Waals surface area contributed by atoms with Crippen LogP contribution in [0, 0.1) is 12.8 Å². The van der Waals surface area contributed by atoms with E-state index in [1.165, 1.54) is 10.9 Å². The Morgan fingerprint density at radius 2 is 2.21 bits per heavy atom. The molecule has 3 heteroatoms. The highest BCUT2D eigenvalue weighted by atomic mass is 16.5. The van der Waals surface area contributed by atoms with Crippen molar-refractivity contribution in [1.82, 2.24) is 10.3 Å². The summed E-state index contributed by atoms with van der Waals surface area (Å²) in [5.41, 5.74) is 3.51. The number of hydrogen-bond donors (Lipinski definition) is 1. The van der Waals surface area contributed by atoms with Crippen LogP contribution >= 0.6 is 0 Å². The van der Waals surface area contributed by atoms with E-state index in [2.05, 4.69) is 36.5 Å². The highest BCUT2D eigenvalue weighted by Gasteiger charge is 2.27. The molecular formula is C16H20N2O. The topological polar surface area (TPSA) is 34.2 Å². The van der Waals surface area contributed by atoms with Crippen molar-refractivity contribution >= 4 is 10.9 Å². The molecule has 3 nitrogen and oxygen atoms in total. The van der Waals surface area contributed by atoms with Gasteiger partial charge in [-0.1, -0.05) is 18.2 Å². The summed E-state index contributed by atoms with van der Waals surface area (Å²) >= 11 is 0. The number of hydrogen-bond acceptors (Lipinski definition) is 3. The highest BCUT2D eigenvalue weighted by molar-refractivity contribution is 5.82. The molecule has 0 spiro atoms. The largest absolute Gasteiger partial charge is 0.381 e. The Morgan fingerprint density at radius 3 is 2.95 bits per heavy atom. The van der Waals surface area contributed by atoms with Gasteiger partial charge in [0.15, 0.2) is 0 Å². The van der Waals surface area contributed by atoms with E-state index in [-0.39, 0.29) is 6.04 Å². The van der Waals surface area contributed by atoms with Crippen LogP contribution in [0.15, 0.2) is 30.3 Å². The van der Waals surface area contributed by atoms with Gasteiger partial charge in [-0.15, -0.1) is 0 Å². The number of ether oxygens (including phenoxy) is 1. The number of nitrogens with one attached hydrogen (secondary N) is 1. The van der Waals surface area contributed by atoms with Crippen LogP contribution in [0.5, 0.6) is 0 Å². The zero-order chi connectivity index (χ0) is 13.2. The molecule has 1 saturated heterocycles. The first kappa shape index (κ1) is 12.6. The Balaban J connectivity index is 2.03. The molecule has 1 aliphatic heterocycles. The van der Waals surface area contributed by atoms with Crippen LogP contribution in [0.25, 0.3) is 10.9 Å². The van der Waals surface area contributed by atoms with Gasteiger partial charge in [-0.2, -0.15) is 0 Å². The summed E-state index contributed by atoms with van der Waals surface area (Å²) in [6, 6.07) is 10.8. The summed E-state index contributed by atoms with van der Waals surface area (Å²) in [6.45, 7) is 3.86. The van der Waals surface area contributed by atoms with Gasteiger partial charge in [0.1, 0.15) is 0 Å². The third kappa shape index (κ3) is 2.36. The third-order valence-corrected chi connectivity index (χ3v) is 4.01. The molecule has 1 aromatic heterocycles. The molecule has 2 aromatic rings. The fraction of sp³-hybridized carbons (Fsp3) is 0.438. The van der Waals surface area contributed by atoms with Crippen molar-refractivity contribution in [3.05, 3.63) is 41.6 Å². The molecule has 3 rings (SSSR count). The normalized spacial score (nSPS) is 20.8. The van der Waals surface area contributed by atoms with Crippen LogP contribution in [0.3, 0.4) is 0 Å². The summed E-state index contributed by atoms with van der Waals surface area (Å²) in [4.78, 5) is 4.83. The minimum Gasteiger partial charge on any atom is -0.381 e. The predicted molar refractivity (Wildman–Crippen MR) is 77.2 cm³/mol. The Hall–Kier alpha value is -1.45. The Morgan fingerprint density at radius 1 is 1.37 bits per heavy atom. The highest BCUT2D eigenvalue weighted by Crippen LogP contribution is 2.29. The molecule has 2 unspecified atom stereocenters. The van der Waals surface area contributed by atoms with Crippen molar-refractivity contribution < 1.29 is 4.74 Å². The van der Waals surface area contributed by atoms with Crippen molar-refractivity contribution in [2.24, 2.45) is 5.92 Å². The maximum atomic E-state index is 5.51. The number of aryl methyl sites for hydroxylation is 1. The standard InChI is InChI=1S/C16H20N2O/c1-11-9-15(16(17-2)12-7-8-19-10-12)18-14-6-4-3-5-13(11)14/h3-6,9,12,16-17H,7-8,10H2,1-2H3. The van der Waals surface area contributed by atoms with Gasteiger partial charge < -0.3 is 10.1 Å². The lowest BCUT2D eigenvalue weighted by Gasteiger charge is -2.22. The van der Waals surface area contributed by atoms with Gasteiger partial charge in [0.05, 0.1) is 23.9 Å².